The lowest BCUT2D eigenvalue weighted by Gasteiger charge is -2.30. The third kappa shape index (κ3) is 3.00. The summed E-state index contributed by atoms with van der Waals surface area (Å²) in [6, 6.07) is 6.08. The molecule has 0 spiro atoms. The molecule has 1 aliphatic carbocycles. The fourth-order valence-corrected chi connectivity index (χ4v) is 3.78. The number of rotatable bonds is 4. The molecule has 1 aromatic heterocycles. The number of hydrogen-bond acceptors (Lipinski definition) is 4. The number of benzene rings is 1. The molecule has 7 nitrogen and oxygen atoms in total. The zero-order valence-corrected chi connectivity index (χ0v) is 14.9. The highest BCUT2D eigenvalue weighted by molar-refractivity contribution is 6.01. The number of carboxylic acid groups (broad SMARTS) is 1. The van der Waals surface area contributed by atoms with E-state index in [0.29, 0.717) is 35.3 Å². The molecule has 1 heterocycles. The van der Waals surface area contributed by atoms with Crippen LogP contribution >= 0.6 is 0 Å². The van der Waals surface area contributed by atoms with Crippen molar-refractivity contribution in [2.24, 2.45) is 5.41 Å². The number of aliphatic carboxylic acids is 1. The molecule has 0 atom stereocenters. The molecule has 0 saturated heterocycles. The van der Waals surface area contributed by atoms with E-state index in [9.17, 15) is 24.8 Å². The molecule has 1 aromatic carbocycles. The van der Waals surface area contributed by atoms with Crippen molar-refractivity contribution in [3.8, 4) is 5.69 Å². The van der Waals surface area contributed by atoms with Gasteiger partial charge in [0.05, 0.1) is 11.3 Å². The smallest absolute Gasteiger partial charge is 0.307 e. The number of fused-ring (bicyclic) bond motifs is 1. The monoisotopic (exact) mass is 356 g/mol. The van der Waals surface area contributed by atoms with Gasteiger partial charge < -0.3 is 9.67 Å². The Bertz CT molecular complexity index is 922. The summed E-state index contributed by atoms with van der Waals surface area (Å²) in [7, 11) is 0. The summed E-state index contributed by atoms with van der Waals surface area (Å²) in [5, 5.41) is 20.2. The number of Topliss-reactive ketones (excluding diaryl/α,β-unsaturated/α-hetero) is 1. The Kier molecular flexibility index (Phi) is 4.18. The van der Waals surface area contributed by atoms with Gasteiger partial charge in [-0.1, -0.05) is 13.8 Å². The Labute approximate surface area is 150 Å². The van der Waals surface area contributed by atoms with Gasteiger partial charge >= 0.3 is 5.97 Å². The normalized spacial score (nSPS) is 15.6. The fourth-order valence-electron chi connectivity index (χ4n) is 3.78. The second kappa shape index (κ2) is 6.09. The van der Waals surface area contributed by atoms with E-state index < -0.39 is 10.9 Å². The maximum atomic E-state index is 12.7. The average Bonchev–Trinajstić information content (AvgIpc) is 2.77. The Morgan fingerprint density at radius 1 is 1.27 bits per heavy atom. The standard InChI is InChI=1S/C19H20N2O5/c1-11-14(8-17(23)24)18-15(9-19(2,3)10-16(18)22)20(11)12-4-6-13(7-5-12)21(25)26/h4-7H,8-10H2,1-3H3,(H,23,24). The van der Waals surface area contributed by atoms with E-state index in [1.807, 2.05) is 18.4 Å². The number of hydrogen-bond donors (Lipinski definition) is 1. The van der Waals surface area contributed by atoms with Crippen LogP contribution in [0.2, 0.25) is 0 Å². The summed E-state index contributed by atoms with van der Waals surface area (Å²) in [5.41, 5.74) is 2.95. The van der Waals surface area contributed by atoms with Crippen LogP contribution in [0.25, 0.3) is 5.69 Å². The van der Waals surface area contributed by atoms with Gasteiger partial charge in [-0.05, 0) is 36.5 Å². The molecule has 0 radical (unpaired) electrons. The molecule has 0 unspecified atom stereocenters. The molecule has 2 aromatic rings. The van der Waals surface area contributed by atoms with Crippen molar-refractivity contribution in [1.29, 1.82) is 0 Å². The first-order valence-corrected chi connectivity index (χ1v) is 8.33. The third-order valence-electron chi connectivity index (χ3n) is 4.84. The van der Waals surface area contributed by atoms with Crippen molar-refractivity contribution < 1.29 is 19.6 Å². The second-order valence-corrected chi connectivity index (χ2v) is 7.51. The number of carbonyl (C=O) groups is 2. The first-order chi connectivity index (χ1) is 12.1. The lowest BCUT2D eigenvalue weighted by molar-refractivity contribution is -0.384. The molecule has 0 fully saturated rings. The van der Waals surface area contributed by atoms with Crippen molar-refractivity contribution in [1.82, 2.24) is 4.57 Å². The highest BCUT2D eigenvalue weighted by atomic mass is 16.6. The SMILES string of the molecule is Cc1c(CC(=O)O)c2c(n1-c1ccc([N+](=O)[O-])cc1)CC(C)(C)CC2=O. The van der Waals surface area contributed by atoms with Crippen LogP contribution in [0.5, 0.6) is 0 Å². The summed E-state index contributed by atoms with van der Waals surface area (Å²) in [6.45, 7) is 5.80. The minimum Gasteiger partial charge on any atom is -0.481 e. The van der Waals surface area contributed by atoms with Gasteiger partial charge in [-0.2, -0.15) is 0 Å². The van der Waals surface area contributed by atoms with Gasteiger partial charge in [0.1, 0.15) is 0 Å². The molecule has 0 amide bonds. The minimum absolute atomic E-state index is 0.0189. The molecule has 1 aliphatic rings. The number of nitro groups is 1. The average molecular weight is 356 g/mol. The van der Waals surface area contributed by atoms with E-state index in [-0.39, 0.29) is 23.3 Å². The quantitative estimate of drug-likeness (QED) is 0.667. The van der Waals surface area contributed by atoms with Crippen LogP contribution < -0.4 is 0 Å². The number of nitrogens with zero attached hydrogens (tertiary/aromatic N) is 2. The lowest BCUT2D eigenvalue weighted by Crippen LogP contribution is -2.28. The van der Waals surface area contributed by atoms with Gasteiger partial charge in [0.25, 0.3) is 5.69 Å². The molecule has 7 heteroatoms. The van der Waals surface area contributed by atoms with Crippen LogP contribution in [0.1, 0.15) is 47.6 Å². The van der Waals surface area contributed by atoms with E-state index in [0.717, 1.165) is 5.69 Å². The van der Waals surface area contributed by atoms with Crippen LogP contribution in [-0.2, 0) is 17.6 Å². The summed E-state index contributed by atoms with van der Waals surface area (Å²) < 4.78 is 1.87. The van der Waals surface area contributed by atoms with Crippen LogP contribution in [-0.4, -0.2) is 26.3 Å². The highest BCUT2D eigenvalue weighted by Crippen LogP contribution is 2.40. The highest BCUT2D eigenvalue weighted by Gasteiger charge is 2.37. The molecule has 0 saturated carbocycles. The maximum Gasteiger partial charge on any atom is 0.307 e. The number of ketones is 1. The van der Waals surface area contributed by atoms with Crippen LogP contribution in [0.4, 0.5) is 5.69 Å². The van der Waals surface area contributed by atoms with Crippen LogP contribution in [0.3, 0.4) is 0 Å². The zero-order valence-electron chi connectivity index (χ0n) is 14.9. The first-order valence-electron chi connectivity index (χ1n) is 8.33. The van der Waals surface area contributed by atoms with E-state index in [4.69, 9.17) is 0 Å². The number of carboxylic acids is 1. The minimum atomic E-state index is -0.991. The van der Waals surface area contributed by atoms with Gasteiger partial charge in [-0.25, -0.2) is 0 Å². The van der Waals surface area contributed by atoms with Gasteiger partial charge in [-0.3, -0.25) is 19.7 Å². The molecule has 3 rings (SSSR count). The Hall–Kier alpha value is -2.96. The predicted molar refractivity (Wildman–Crippen MR) is 94.9 cm³/mol. The van der Waals surface area contributed by atoms with Crippen molar-refractivity contribution in [3.05, 3.63) is 56.9 Å². The largest absolute Gasteiger partial charge is 0.481 e. The molecular weight excluding hydrogens is 336 g/mol. The second-order valence-electron chi connectivity index (χ2n) is 7.51. The van der Waals surface area contributed by atoms with Crippen molar-refractivity contribution >= 4 is 17.4 Å². The first kappa shape index (κ1) is 17.8. The van der Waals surface area contributed by atoms with Gasteiger partial charge in [0, 0.05) is 41.2 Å². The number of nitro benzene ring substituents is 1. The van der Waals surface area contributed by atoms with E-state index in [1.54, 1.807) is 19.1 Å². The summed E-state index contributed by atoms with van der Waals surface area (Å²) in [4.78, 5) is 34.5. The van der Waals surface area contributed by atoms with Gasteiger partial charge in [0.2, 0.25) is 0 Å². The Morgan fingerprint density at radius 3 is 2.42 bits per heavy atom. The topological polar surface area (TPSA) is 102 Å². The van der Waals surface area contributed by atoms with Crippen LogP contribution in [0.15, 0.2) is 24.3 Å². The molecular formula is C19H20N2O5. The molecule has 0 aliphatic heterocycles. The lowest BCUT2D eigenvalue weighted by atomic mass is 9.75. The van der Waals surface area contributed by atoms with E-state index >= 15 is 0 Å². The zero-order chi connectivity index (χ0) is 19.2. The van der Waals surface area contributed by atoms with Crippen molar-refractivity contribution in [2.75, 3.05) is 0 Å². The van der Waals surface area contributed by atoms with Crippen LogP contribution in [0, 0.1) is 22.5 Å². The molecule has 1 N–H and O–H groups in total. The molecule has 26 heavy (non-hydrogen) atoms. The van der Waals surface area contributed by atoms with Gasteiger partial charge in [0.15, 0.2) is 5.78 Å². The van der Waals surface area contributed by atoms with Crippen molar-refractivity contribution in [2.45, 2.75) is 40.0 Å². The predicted octanol–water partition coefficient (Wildman–Crippen LogP) is 3.48. The van der Waals surface area contributed by atoms with E-state index in [2.05, 4.69) is 0 Å². The Morgan fingerprint density at radius 2 is 1.88 bits per heavy atom. The number of carbonyl (C=O) groups excluding carboxylic acids is 1. The summed E-state index contributed by atoms with van der Waals surface area (Å²) >= 11 is 0. The number of aromatic nitrogens is 1. The number of non-ortho nitro benzene ring substituents is 1. The fraction of sp³-hybridized carbons (Fsp3) is 0.368. The van der Waals surface area contributed by atoms with Gasteiger partial charge in [-0.15, -0.1) is 0 Å². The molecule has 0 bridgehead atoms. The van der Waals surface area contributed by atoms with E-state index in [1.165, 1.54) is 12.1 Å². The van der Waals surface area contributed by atoms with Crippen molar-refractivity contribution in [3.63, 3.8) is 0 Å². The molecule has 136 valence electrons. The Balaban J connectivity index is 2.23. The summed E-state index contributed by atoms with van der Waals surface area (Å²) in [5.74, 6) is -1.04. The third-order valence-corrected chi connectivity index (χ3v) is 4.84. The maximum absolute atomic E-state index is 12.7. The summed E-state index contributed by atoms with van der Waals surface area (Å²) in [6.07, 6.45) is 0.780.